The highest BCUT2D eigenvalue weighted by molar-refractivity contribution is 6.05. The van der Waals surface area contributed by atoms with E-state index in [0.29, 0.717) is 11.8 Å². The van der Waals surface area contributed by atoms with Gasteiger partial charge in [0.25, 0.3) is 0 Å². The fourth-order valence-electron chi connectivity index (χ4n) is 2.17. The minimum Gasteiger partial charge on any atom is -0.462 e. The highest BCUT2D eigenvalue weighted by Gasteiger charge is 2.30. The summed E-state index contributed by atoms with van der Waals surface area (Å²) in [5.74, 6) is 3.32. The molecule has 0 bridgehead atoms. The molecule has 0 aliphatic rings. The monoisotopic (exact) mass is 354 g/mol. The summed E-state index contributed by atoms with van der Waals surface area (Å²) in [6, 6.07) is 7.38. The summed E-state index contributed by atoms with van der Waals surface area (Å²) in [7, 11) is 0. The molecule has 0 aliphatic carbocycles. The van der Waals surface area contributed by atoms with E-state index in [1.807, 2.05) is 19.1 Å². The third-order valence-electron chi connectivity index (χ3n) is 3.37. The van der Waals surface area contributed by atoms with Gasteiger partial charge in [-0.1, -0.05) is 29.5 Å². The molecule has 0 spiro atoms. The number of aldehydes is 1. The van der Waals surface area contributed by atoms with E-state index in [2.05, 4.69) is 11.8 Å². The average Bonchev–Trinajstić information content (AvgIpc) is 3.00. The van der Waals surface area contributed by atoms with Crippen LogP contribution in [0.3, 0.4) is 0 Å². The first-order valence-electron chi connectivity index (χ1n) is 8.06. The van der Waals surface area contributed by atoms with Crippen LogP contribution in [0.5, 0.6) is 0 Å². The number of hydrogen-bond acceptors (Lipinski definition) is 6. The zero-order chi connectivity index (χ0) is 19.1. The number of aryl methyl sites for hydroxylation is 1. The lowest BCUT2D eigenvalue weighted by molar-refractivity contribution is 0.0451. The van der Waals surface area contributed by atoms with E-state index in [1.54, 1.807) is 26.0 Å². The minimum atomic E-state index is -0.859. The number of rotatable bonds is 5. The van der Waals surface area contributed by atoms with E-state index in [0.717, 1.165) is 5.56 Å². The summed E-state index contributed by atoms with van der Waals surface area (Å²) in [4.78, 5) is 35.7. The van der Waals surface area contributed by atoms with Crippen molar-refractivity contribution in [3.8, 4) is 11.8 Å². The summed E-state index contributed by atoms with van der Waals surface area (Å²) in [6.45, 7) is 5.36. The van der Waals surface area contributed by atoms with Gasteiger partial charge in [-0.25, -0.2) is 9.59 Å². The van der Waals surface area contributed by atoms with Gasteiger partial charge in [-0.15, -0.1) is 0 Å². The van der Waals surface area contributed by atoms with E-state index in [9.17, 15) is 14.4 Å². The van der Waals surface area contributed by atoms with Crippen molar-refractivity contribution < 1.29 is 28.3 Å². The first-order chi connectivity index (χ1) is 12.5. The standard InChI is InChI=1S/C20H18O6/c1-4-24-19(22)17-15(11-10-14-8-6-13(3)7-9-14)16(12-21)26-18(17)20(23)25-5-2/h6-9,12H,4-5H2,1-3H3. The number of carbonyl (C=O) groups is 3. The Balaban J connectivity index is 2.59. The molecule has 6 nitrogen and oxygen atoms in total. The summed E-state index contributed by atoms with van der Waals surface area (Å²) < 4.78 is 15.1. The van der Waals surface area contributed by atoms with Gasteiger partial charge in [-0.3, -0.25) is 4.79 Å². The molecule has 6 heteroatoms. The van der Waals surface area contributed by atoms with Crippen LogP contribution in [0.2, 0.25) is 0 Å². The van der Waals surface area contributed by atoms with Crippen molar-refractivity contribution in [3.05, 3.63) is 58.0 Å². The van der Waals surface area contributed by atoms with Gasteiger partial charge in [-0.2, -0.15) is 0 Å². The van der Waals surface area contributed by atoms with Gasteiger partial charge in [0.05, 0.1) is 18.8 Å². The Labute approximate surface area is 151 Å². The highest BCUT2D eigenvalue weighted by atomic mass is 16.5. The lowest BCUT2D eigenvalue weighted by Crippen LogP contribution is -2.13. The summed E-state index contributed by atoms with van der Waals surface area (Å²) in [6.07, 6.45) is 0.393. The Bertz CT molecular complexity index is 878. The number of hydrogen-bond donors (Lipinski definition) is 0. The SMILES string of the molecule is CCOC(=O)c1oc(C=O)c(C#Cc2ccc(C)cc2)c1C(=O)OCC. The number of ether oxygens (including phenoxy) is 2. The lowest BCUT2D eigenvalue weighted by atomic mass is 10.1. The van der Waals surface area contributed by atoms with Gasteiger partial charge < -0.3 is 13.9 Å². The van der Waals surface area contributed by atoms with Gasteiger partial charge in [0.15, 0.2) is 12.0 Å². The van der Waals surface area contributed by atoms with Crippen LogP contribution in [-0.2, 0) is 9.47 Å². The first-order valence-corrected chi connectivity index (χ1v) is 8.06. The van der Waals surface area contributed by atoms with Crippen molar-refractivity contribution in [2.45, 2.75) is 20.8 Å². The van der Waals surface area contributed by atoms with Crippen LogP contribution in [0.1, 0.15) is 62.0 Å². The predicted molar refractivity (Wildman–Crippen MR) is 93.2 cm³/mol. The first kappa shape index (κ1) is 19.0. The van der Waals surface area contributed by atoms with Crippen molar-refractivity contribution in [1.29, 1.82) is 0 Å². The largest absolute Gasteiger partial charge is 0.462 e. The lowest BCUT2D eigenvalue weighted by Gasteiger charge is -2.03. The van der Waals surface area contributed by atoms with E-state index in [-0.39, 0.29) is 35.9 Å². The van der Waals surface area contributed by atoms with Gasteiger partial charge in [0, 0.05) is 5.56 Å². The molecule has 1 aromatic heterocycles. The molecule has 0 amide bonds. The molecule has 2 rings (SSSR count). The molecule has 2 aromatic rings. The second-order valence-electron chi connectivity index (χ2n) is 5.22. The Morgan fingerprint density at radius 3 is 2.23 bits per heavy atom. The van der Waals surface area contributed by atoms with Crippen molar-refractivity contribution in [2.75, 3.05) is 13.2 Å². The van der Waals surface area contributed by atoms with Crippen molar-refractivity contribution in [2.24, 2.45) is 0 Å². The molecule has 0 N–H and O–H groups in total. The van der Waals surface area contributed by atoms with Crippen LogP contribution in [-0.4, -0.2) is 31.4 Å². The normalized spacial score (nSPS) is 9.81. The minimum absolute atomic E-state index is 0.00192. The Morgan fingerprint density at radius 1 is 1.04 bits per heavy atom. The molecule has 1 aromatic carbocycles. The summed E-state index contributed by atoms with van der Waals surface area (Å²) in [5.41, 5.74) is 1.56. The van der Waals surface area contributed by atoms with Crippen LogP contribution < -0.4 is 0 Å². The van der Waals surface area contributed by atoms with Crippen molar-refractivity contribution in [3.63, 3.8) is 0 Å². The molecule has 0 saturated carbocycles. The summed E-state index contributed by atoms with van der Waals surface area (Å²) >= 11 is 0. The Hall–Kier alpha value is -3.33. The number of carbonyl (C=O) groups excluding carboxylic acids is 3. The number of esters is 2. The van der Waals surface area contributed by atoms with Crippen molar-refractivity contribution >= 4 is 18.2 Å². The van der Waals surface area contributed by atoms with Crippen LogP contribution in [0.4, 0.5) is 0 Å². The van der Waals surface area contributed by atoms with Gasteiger partial charge in [0.1, 0.15) is 5.56 Å². The molecular formula is C20H18O6. The van der Waals surface area contributed by atoms with Gasteiger partial charge in [0.2, 0.25) is 5.76 Å². The van der Waals surface area contributed by atoms with Gasteiger partial charge in [-0.05, 0) is 32.9 Å². The molecule has 0 saturated heterocycles. The van der Waals surface area contributed by atoms with Crippen molar-refractivity contribution in [1.82, 2.24) is 0 Å². The third-order valence-corrected chi connectivity index (χ3v) is 3.37. The number of benzene rings is 1. The smallest absolute Gasteiger partial charge is 0.375 e. The molecular weight excluding hydrogens is 336 g/mol. The van der Waals surface area contributed by atoms with E-state index in [4.69, 9.17) is 13.9 Å². The fraction of sp³-hybridized carbons (Fsp3) is 0.250. The second-order valence-corrected chi connectivity index (χ2v) is 5.22. The van der Waals surface area contributed by atoms with Crippen LogP contribution >= 0.6 is 0 Å². The molecule has 0 fully saturated rings. The quantitative estimate of drug-likeness (QED) is 0.466. The average molecular weight is 354 g/mol. The maximum atomic E-state index is 12.3. The van der Waals surface area contributed by atoms with E-state index >= 15 is 0 Å². The van der Waals surface area contributed by atoms with Crippen LogP contribution in [0.25, 0.3) is 0 Å². The predicted octanol–water partition coefficient (Wildman–Crippen LogP) is 3.15. The van der Waals surface area contributed by atoms with Gasteiger partial charge >= 0.3 is 11.9 Å². The molecule has 0 unspecified atom stereocenters. The highest BCUT2D eigenvalue weighted by Crippen LogP contribution is 2.23. The second kappa shape index (κ2) is 8.67. The molecule has 0 atom stereocenters. The Morgan fingerprint density at radius 2 is 1.65 bits per heavy atom. The molecule has 134 valence electrons. The Kier molecular flexibility index (Phi) is 6.34. The van der Waals surface area contributed by atoms with Crippen LogP contribution in [0.15, 0.2) is 28.7 Å². The molecule has 0 radical (unpaired) electrons. The maximum absolute atomic E-state index is 12.3. The zero-order valence-electron chi connectivity index (χ0n) is 14.8. The van der Waals surface area contributed by atoms with E-state index < -0.39 is 11.9 Å². The number of furan rings is 1. The maximum Gasteiger partial charge on any atom is 0.375 e. The molecule has 0 aliphatic heterocycles. The topological polar surface area (TPSA) is 82.8 Å². The van der Waals surface area contributed by atoms with E-state index in [1.165, 1.54) is 0 Å². The summed E-state index contributed by atoms with van der Waals surface area (Å²) in [5, 5.41) is 0. The van der Waals surface area contributed by atoms with Crippen LogP contribution in [0, 0.1) is 18.8 Å². The zero-order valence-corrected chi connectivity index (χ0v) is 14.8. The third kappa shape index (κ3) is 4.19. The fourth-order valence-corrected chi connectivity index (χ4v) is 2.17. The molecule has 1 heterocycles. The molecule has 26 heavy (non-hydrogen) atoms.